The number of fused-ring (bicyclic) bond motifs is 1. The Morgan fingerprint density at radius 2 is 1.93 bits per heavy atom. The van der Waals surface area contributed by atoms with Crippen molar-refractivity contribution in [3.05, 3.63) is 29.4 Å². The van der Waals surface area contributed by atoms with Crippen molar-refractivity contribution in [3.63, 3.8) is 0 Å². The molecule has 2 aliphatic carbocycles. The summed E-state index contributed by atoms with van der Waals surface area (Å²) < 4.78 is 12.2. The molecule has 5 rings (SSSR count). The Bertz CT molecular complexity index is 937. The monoisotopic (exact) mass is 434 g/mol. The summed E-state index contributed by atoms with van der Waals surface area (Å²) in [5, 5.41) is 13.7. The van der Waals surface area contributed by atoms with Crippen LogP contribution < -0.4 is 10.2 Å². The van der Waals surface area contributed by atoms with Crippen LogP contribution in [0, 0.1) is 11.8 Å². The Morgan fingerprint density at radius 1 is 1.24 bits per heavy atom. The number of aliphatic hydroxyl groups excluding tert-OH is 1. The van der Waals surface area contributed by atoms with Gasteiger partial charge in [-0.1, -0.05) is 11.6 Å². The molecule has 0 spiro atoms. The number of nitrogens with one attached hydrogen (secondary N) is 1. The van der Waals surface area contributed by atoms with Crippen LogP contribution in [0.2, 0.25) is 5.02 Å². The molecule has 8 nitrogen and oxygen atoms in total. The average Bonchev–Trinajstić information content (AvgIpc) is 3.17. The van der Waals surface area contributed by atoms with Gasteiger partial charge in [-0.25, -0.2) is 15.0 Å². The van der Waals surface area contributed by atoms with Gasteiger partial charge in [0.2, 0.25) is 5.95 Å². The van der Waals surface area contributed by atoms with Crippen LogP contribution in [0.5, 0.6) is 0 Å². The Balaban J connectivity index is 1.33. The number of aromatic nitrogens is 4. The minimum atomic E-state index is -1.21. The van der Waals surface area contributed by atoms with E-state index in [1.807, 2.05) is 0 Å². The third kappa shape index (κ3) is 3.39. The number of anilines is 2. The fraction of sp³-hybridized carbons (Fsp3) is 0.579. The zero-order valence-corrected chi connectivity index (χ0v) is 17.7. The highest BCUT2D eigenvalue weighted by atomic mass is 35.5. The molecule has 2 N–H and O–H groups in total. The van der Waals surface area contributed by atoms with Crippen LogP contribution in [-0.4, -0.2) is 60.7 Å². The Hall–Kier alpha value is -1.84. The predicted octanol–water partition coefficient (Wildman–Crippen LogP) is 1.83. The van der Waals surface area contributed by atoms with Gasteiger partial charge in [0.25, 0.3) is 0 Å². The summed E-state index contributed by atoms with van der Waals surface area (Å²) >= 11 is 5.89. The van der Waals surface area contributed by atoms with Crippen LogP contribution >= 0.6 is 11.6 Å². The fourth-order valence-corrected chi connectivity index (χ4v) is 5.23. The van der Waals surface area contributed by atoms with Crippen molar-refractivity contribution in [1.29, 1.82) is 0 Å². The second-order valence-corrected chi connectivity index (χ2v) is 10.1. The van der Waals surface area contributed by atoms with E-state index in [0.29, 0.717) is 39.4 Å². The SMILES string of the molecule is CS(=O)c1cnc(N2CC3C(C2)C3c2ncc(Cl)cn2)nc1NC1(CO)CCC1. The lowest BCUT2D eigenvalue weighted by Crippen LogP contribution is -2.48. The molecular weight excluding hydrogens is 412 g/mol. The number of rotatable bonds is 6. The molecule has 3 heterocycles. The minimum Gasteiger partial charge on any atom is -0.394 e. The van der Waals surface area contributed by atoms with E-state index in [9.17, 15) is 9.32 Å². The lowest BCUT2D eigenvalue weighted by atomic mass is 9.77. The highest BCUT2D eigenvalue weighted by molar-refractivity contribution is 7.84. The first-order valence-corrected chi connectivity index (χ1v) is 11.8. The summed E-state index contributed by atoms with van der Waals surface area (Å²) in [7, 11) is -1.21. The average molecular weight is 435 g/mol. The molecule has 2 saturated carbocycles. The van der Waals surface area contributed by atoms with Crippen LogP contribution in [0.25, 0.3) is 0 Å². The third-order valence-corrected chi connectivity index (χ3v) is 7.58. The lowest BCUT2D eigenvalue weighted by molar-refractivity contribution is 0.143. The number of halogens is 1. The molecule has 3 unspecified atom stereocenters. The molecule has 154 valence electrons. The molecule has 0 bridgehead atoms. The molecule has 1 saturated heterocycles. The fourth-order valence-electron chi connectivity index (χ4n) is 4.56. The molecule has 3 aliphatic rings. The summed E-state index contributed by atoms with van der Waals surface area (Å²) in [4.78, 5) is 20.7. The molecule has 3 fully saturated rings. The van der Waals surface area contributed by atoms with E-state index in [2.05, 4.69) is 25.2 Å². The number of hydrogen-bond acceptors (Lipinski definition) is 8. The maximum absolute atomic E-state index is 12.2. The van der Waals surface area contributed by atoms with Crippen LogP contribution in [0.15, 0.2) is 23.5 Å². The molecule has 0 amide bonds. The molecule has 10 heteroatoms. The van der Waals surface area contributed by atoms with Gasteiger partial charge in [0.05, 0.1) is 39.1 Å². The summed E-state index contributed by atoms with van der Waals surface area (Å²) in [5.41, 5.74) is -0.357. The Kier molecular flexibility index (Phi) is 4.71. The largest absolute Gasteiger partial charge is 0.394 e. The third-order valence-electron chi connectivity index (χ3n) is 6.46. The van der Waals surface area contributed by atoms with Crippen molar-refractivity contribution in [2.75, 3.05) is 36.2 Å². The molecule has 0 radical (unpaired) electrons. The maximum Gasteiger partial charge on any atom is 0.227 e. The van der Waals surface area contributed by atoms with E-state index in [0.717, 1.165) is 38.2 Å². The number of nitrogens with zero attached hydrogens (tertiary/aromatic N) is 5. The Labute approximate surface area is 176 Å². The second-order valence-electron chi connectivity index (χ2n) is 8.27. The zero-order chi connectivity index (χ0) is 20.2. The van der Waals surface area contributed by atoms with E-state index >= 15 is 0 Å². The van der Waals surface area contributed by atoms with Crippen molar-refractivity contribution >= 4 is 34.2 Å². The maximum atomic E-state index is 12.2. The van der Waals surface area contributed by atoms with Gasteiger partial charge in [-0.3, -0.25) is 4.21 Å². The van der Waals surface area contributed by atoms with E-state index in [1.165, 1.54) is 0 Å². The van der Waals surface area contributed by atoms with Gasteiger partial charge in [-0.05, 0) is 31.1 Å². The lowest BCUT2D eigenvalue weighted by Gasteiger charge is -2.41. The van der Waals surface area contributed by atoms with Gasteiger partial charge in [-0.2, -0.15) is 4.98 Å². The quantitative estimate of drug-likeness (QED) is 0.709. The summed E-state index contributed by atoms with van der Waals surface area (Å²) in [6.45, 7) is 1.74. The minimum absolute atomic E-state index is 0.0404. The number of piperidine rings is 1. The molecule has 1 aliphatic heterocycles. The van der Waals surface area contributed by atoms with E-state index in [1.54, 1.807) is 24.8 Å². The highest BCUT2D eigenvalue weighted by Gasteiger charge is 2.58. The molecule has 29 heavy (non-hydrogen) atoms. The summed E-state index contributed by atoms with van der Waals surface area (Å²) in [6.07, 6.45) is 9.41. The molecule has 3 atom stereocenters. The van der Waals surface area contributed by atoms with Crippen molar-refractivity contribution < 1.29 is 9.32 Å². The highest BCUT2D eigenvalue weighted by Crippen LogP contribution is 2.57. The first-order chi connectivity index (χ1) is 14.0. The van der Waals surface area contributed by atoms with Crippen LogP contribution in [0.1, 0.15) is 31.0 Å². The predicted molar refractivity (Wildman–Crippen MR) is 111 cm³/mol. The molecular formula is C19H23ClN6O2S. The van der Waals surface area contributed by atoms with Crippen LogP contribution in [-0.2, 0) is 10.8 Å². The Morgan fingerprint density at radius 3 is 2.48 bits per heavy atom. The summed E-state index contributed by atoms with van der Waals surface area (Å²) in [5.74, 6) is 3.42. The van der Waals surface area contributed by atoms with Crippen molar-refractivity contribution in [1.82, 2.24) is 19.9 Å². The molecule has 0 aromatic carbocycles. The normalized spacial score (nSPS) is 27.8. The van der Waals surface area contributed by atoms with Gasteiger partial charge in [0.15, 0.2) is 0 Å². The van der Waals surface area contributed by atoms with Gasteiger partial charge in [-0.15, -0.1) is 0 Å². The molecule has 2 aromatic heterocycles. The number of hydrogen-bond donors (Lipinski definition) is 2. The van der Waals surface area contributed by atoms with E-state index in [-0.39, 0.29) is 12.1 Å². The topological polar surface area (TPSA) is 104 Å². The van der Waals surface area contributed by atoms with Crippen molar-refractivity contribution in [2.45, 2.75) is 35.6 Å². The van der Waals surface area contributed by atoms with Crippen molar-refractivity contribution in [2.24, 2.45) is 11.8 Å². The van der Waals surface area contributed by atoms with Gasteiger partial charge in [0, 0.05) is 37.7 Å². The standard InChI is InChI=1S/C19H23ClN6O2S/c1-29(28)14-7-23-18(24-16(14)25-19(10-27)3-2-4-19)26-8-12-13(9-26)15(12)17-21-5-11(20)6-22-17/h5-7,12-13,15,27H,2-4,8-10H2,1H3,(H,23,24,25). The van der Waals surface area contributed by atoms with Crippen molar-refractivity contribution in [3.8, 4) is 0 Å². The van der Waals surface area contributed by atoms with Crippen LogP contribution in [0.4, 0.5) is 11.8 Å². The van der Waals surface area contributed by atoms with Gasteiger partial charge < -0.3 is 15.3 Å². The van der Waals surface area contributed by atoms with Gasteiger partial charge in [0.1, 0.15) is 11.6 Å². The first kappa shape index (κ1) is 19.1. The second kappa shape index (κ2) is 7.14. The van der Waals surface area contributed by atoms with Crippen LogP contribution in [0.3, 0.4) is 0 Å². The first-order valence-electron chi connectivity index (χ1n) is 9.81. The van der Waals surface area contributed by atoms with Gasteiger partial charge >= 0.3 is 0 Å². The zero-order valence-electron chi connectivity index (χ0n) is 16.1. The number of aliphatic hydroxyl groups is 1. The summed E-state index contributed by atoms with van der Waals surface area (Å²) in [6, 6.07) is 0. The van der Waals surface area contributed by atoms with E-state index in [4.69, 9.17) is 16.6 Å². The smallest absolute Gasteiger partial charge is 0.227 e. The van der Waals surface area contributed by atoms with E-state index < -0.39 is 10.8 Å². The molecule has 2 aromatic rings.